The first-order valence-electron chi connectivity index (χ1n) is 7.11. The zero-order valence-electron chi connectivity index (χ0n) is 12.9. The van der Waals surface area contributed by atoms with Gasteiger partial charge in [-0.1, -0.05) is 6.07 Å². The molecule has 0 aliphatic carbocycles. The lowest BCUT2D eigenvalue weighted by Crippen LogP contribution is -2.14. The summed E-state index contributed by atoms with van der Waals surface area (Å²) in [4.78, 5) is 22.7. The maximum absolute atomic E-state index is 12.4. The molecule has 23 heavy (non-hydrogen) atoms. The fourth-order valence-electron chi connectivity index (χ4n) is 2.14. The van der Waals surface area contributed by atoms with E-state index in [0.29, 0.717) is 10.7 Å². The number of thiazole rings is 1. The fourth-order valence-corrected chi connectivity index (χ4v) is 2.82. The van der Waals surface area contributed by atoms with Crippen molar-refractivity contribution in [2.45, 2.75) is 6.92 Å². The molecular formula is C17H16N4OS. The van der Waals surface area contributed by atoms with Crippen molar-refractivity contribution in [3.63, 3.8) is 0 Å². The largest absolute Gasteiger partial charge is 0.343 e. The van der Waals surface area contributed by atoms with E-state index in [1.165, 1.54) is 11.3 Å². The van der Waals surface area contributed by atoms with Gasteiger partial charge in [-0.15, -0.1) is 11.3 Å². The van der Waals surface area contributed by atoms with Crippen molar-refractivity contribution < 1.29 is 4.79 Å². The molecule has 2 aromatic heterocycles. The molecule has 0 spiro atoms. The van der Waals surface area contributed by atoms with Crippen LogP contribution in [-0.2, 0) is 0 Å². The highest BCUT2D eigenvalue weighted by Gasteiger charge is 2.11. The average molecular weight is 324 g/mol. The second-order valence-corrected chi connectivity index (χ2v) is 5.93. The molecule has 3 aromatic rings. The van der Waals surface area contributed by atoms with Crippen molar-refractivity contribution in [2.24, 2.45) is 0 Å². The van der Waals surface area contributed by atoms with Crippen molar-refractivity contribution in [3.8, 4) is 0 Å². The van der Waals surface area contributed by atoms with Gasteiger partial charge in [0.2, 0.25) is 0 Å². The predicted octanol–water partition coefficient (Wildman–Crippen LogP) is 3.87. The van der Waals surface area contributed by atoms with Crippen LogP contribution in [0, 0.1) is 6.92 Å². The van der Waals surface area contributed by atoms with Crippen molar-refractivity contribution in [1.82, 2.24) is 9.97 Å². The number of aryl methyl sites for hydroxylation is 1. The van der Waals surface area contributed by atoms with E-state index in [-0.39, 0.29) is 5.91 Å². The van der Waals surface area contributed by atoms with Gasteiger partial charge in [-0.3, -0.25) is 15.1 Å². The standard InChI is InChI=1S/C17H16N4OS/c1-12-11-23-17(19-12)20-16(22)13-5-3-6-14(9-13)21(2)15-7-4-8-18-10-15/h3-11H,1-2H3,(H,19,20,22). The number of carbonyl (C=O) groups is 1. The van der Waals surface area contributed by atoms with Gasteiger partial charge in [0.05, 0.1) is 17.6 Å². The first-order valence-corrected chi connectivity index (χ1v) is 7.99. The molecule has 0 saturated carbocycles. The third-order valence-corrected chi connectivity index (χ3v) is 4.24. The number of anilines is 3. The number of aromatic nitrogens is 2. The van der Waals surface area contributed by atoms with Gasteiger partial charge in [-0.2, -0.15) is 0 Å². The number of hydrogen-bond donors (Lipinski definition) is 1. The van der Waals surface area contributed by atoms with Crippen molar-refractivity contribution in [3.05, 3.63) is 65.4 Å². The summed E-state index contributed by atoms with van der Waals surface area (Å²) in [6.45, 7) is 1.90. The second kappa shape index (κ2) is 6.58. The molecule has 0 atom stereocenters. The van der Waals surface area contributed by atoms with Crippen molar-refractivity contribution in [1.29, 1.82) is 0 Å². The lowest BCUT2D eigenvalue weighted by molar-refractivity contribution is 0.102. The van der Waals surface area contributed by atoms with Crippen LogP contribution in [0.4, 0.5) is 16.5 Å². The summed E-state index contributed by atoms with van der Waals surface area (Å²) in [7, 11) is 1.94. The third-order valence-electron chi connectivity index (χ3n) is 3.37. The SMILES string of the molecule is Cc1csc(NC(=O)c2cccc(N(C)c3cccnc3)c2)n1. The summed E-state index contributed by atoms with van der Waals surface area (Å²) < 4.78 is 0. The Balaban J connectivity index is 1.80. The van der Waals surface area contributed by atoms with Crippen LogP contribution in [0.3, 0.4) is 0 Å². The molecule has 6 heteroatoms. The van der Waals surface area contributed by atoms with Crippen LogP contribution in [0.1, 0.15) is 16.1 Å². The topological polar surface area (TPSA) is 58.1 Å². The average Bonchev–Trinajstić information content (AvgIpc) is 3.00. The maximum atomic E-state index is 12.4. The molecule has 3 rings (SSSR count). The molecule has 0 radical (unpaired) electrons. The van der Waals surface area contributed by atoms with Gasteiger partial charge in [0, 0.05) is 29.9 Å². The molecule has 1 amide bonds. The van der Waals surface area contributed by atoms with Crippen LogP contribution in [-0.4, -0.2) is 22.9 Å². The predicted molar refractivity (Wildman–Crippen MR) is 93.5 cm³/mol. The number of amides is 1. The molecule has 116 valence electrons. The highest BCUT2D eigenvalue weighted by atomic mass is 32.1. The van der Waals surface area contributed by atoms with E-state index < -0.39 is 0 Å². The quantitative estimate of drug-likeness (QED) is 0.791. The minimum Gasteiger partial charge on any atom is -0.343 e. The zero-order chi connectivity index (χ0) is 16.2. The number of carbonyl (C=O) groups excluding carboxylic acids is 1. The molecular weight excluding hydrogens is 308 g/mol. The van der Waals surface area contributed by atoms with E-state index >= 15 is 0 Å². The summed E-state index contributed by atoms with van der Waals surface area (Å²) in [5, 5.41) is 5.34. The summed E-state index contributed by atoms with van der Waals surface area (Å²) in [5.41, 5.74) is 3.36. The molecule has 0 bridgehead atoms. The number of rotatable bonds is 4. The molecule has 0 saturated heterocycles. The van der Waals surface area contributed by atoms with Crippen molar-refractivity contribution >= 4 is 33.8 Å². The maximum Gasteiger partial charge on any atom is 0.257 e. The summed E-state index contributed by atoms with van der Waals surface area (Å²) in [6.07, 6.45) is 3.52. The Morgan fingerprint density at radius 2 is 2.04 bits per heavy atom. The molecule has 0 unspecified atom stereocenters. The van der Waals surface area contributed by atoms with E-state index in [1.807, 2.05) is 54.6 Å². The lowest BCUT2D eigenvalue weighted by atomic mass is 10.1. The van der Waals surface area contributed by atoms with Crippen LogP contribution >= 0.6 is 11.3 Å². The minimum absolute atomic E-state index is 0.166. The summed E-state index contributed by atoms with van der Waals surface area (Å²) >= 11 is 1.42. The highest BCUT2D eigenvalue weighted by Crippen LogP contribution is 2.24. The molecule has 5 nitrogen and oxygen atoms in total. The first-order chi connectivity index (χ1) is 11.1. The normalized spacial score (nSPS) is 10.3. The number of hydrogen-bond acceptors (Lipinski definition) is 5. The number of pyridine rings is 1. The van der Waals surface area contributed by atoms with Gasteiger partial charge in [-0.05, 0) is 37.3 Å². The van der Waals surface area contributed by atoms with Gasteiger partial charge in [0.25, 0.3) is 5.91 Å². The number of nitrogens with zero attached hydrogens (tertiary/aromatic N) is 3. The fraction of sp³-hybridized carbons (Fsp3) is 0.118. The smallest absolute Gasteiger partial charge is 0.257 e. The van der Waals surface area contributed by atoms with E-state index in [0.717, 1.165) is 17.1 Å². The molecule has 2 heterocycles. The van der Waals surface area contributed by atoms with Gasteiger partial charge >= 0.3 is 0 Å². The van der Waals surface area contributed by atoms with E-state index in [9.17, 15) is 4.79 Å². The Hall–Kier alpha value is -2.73. The van der Waals surface area contributed by atoms with E-state index in [2.05, 4.69) is 15.3 Å². The Labute approximate surface area is 138 Å². The Morgan fingerprint density at radius 3 is 2.74 bits per heavy atom. The zero-order valence-corrected chi connectivity index (χ0v) is 13.7. The van der Waals surface area contributed by atoms with Crippen LogP contribution in [0.2, 0.25) is 0 Å². The van der Waals surface area contributed by atoms with Crippen LogP contribution < -0.4 is 10.2 Å². The van der Waals surface area contributed by atoms with E-state index in [4.69, 9.17) is 0 Å². The molecule has 1 aromatic carbocycles. The summed E-state index contributed by atoms with van der Waals surface area (Å²) in [5.74, 6) is -0.166. The first kappa shape index (κ1) is 15.2. The van der Waals surface area contributed by atoms with Gasteiger partial charge in [0.15, 0.2) is 5.13 Å². The molecule has 0 fully saturated rings. The van der Waals surface area contributed by atoms with Crippen LogP contribution in [0.25, 0.3) is 0 Å². The Kier molecular flexibility index (Phi) is 4.34. The third kappa shape index (κ3) is 3.54. The molecule has 0 aliphatic rings. The molecule has 0 aliphatic heterocycles. The van der Waals surface area contributed by atoms with Gasteiger partial charge in [0.1, 0.15) is 0 Å². The Bertz CT molecular complexity index is 816. The lowest BCUT2D eigenvalue weighted by Gasteiger charge is -2.19. The summed E-state index contributed by atoms with van der Waals surface area (Å²) in [6, 6.07) is 11.3. The van der Waals surface area contributed by atoms with Gasteiger partial charge in [-0.25, -0.2) is 4.98 Å². The monoisotopic (exact) mass is 324 g/mol. The van der Waals surface area contributed by atoms with E-state index in [1.54, 1.807) is 18.5 Å². The van der Waals surface area contributed by atoms with Crippen LogP contribution in [0.15, 0.2) is 54.2 Å². The number of nitrogens with one attached hydrogen (secondary N) is 1. The second-order valence-electron chi connectivity index (χ2n) is 5.07. The van der Waals surface area contributed by atoms with Gasteiger partial charge < -0.3 is 4.90 Å². The highest BCUT2D eigenvalue weighted by molar-refractivity contribution is 7.13. The number of benzene rings is 1. The van der Waals surface area contributed by atoms with Crippen LogP contribution in [0.5, 0.6) is 0 Å². The molecule has 1 N–H and O–H groups in total. The Morgan fingerprint density at radius 1 is 1.22 bits per heavy atom. The van der Waals surface area contributed by atoms with Crippen molar-refractivity contribution in [2.75, 3.05) is 17.3 Å². The minimum atomic E-state index is -0.166.